The molecule has 156 valence electrons. The molecular weight excluding hydrogens is 399 g/mol. The maximum absolute atomic E-state index is 13.3. The maximum Gasteiger partial charge on any atom is 0.337 e. The number of ether oxygens (including phenoxy) is 2. The van der Waals surface area contributed by atoms with Crippen molar-refractivity contribution in [2.24, 2.45) is 0 Å². The van der Waals surface area contributed by atoms with Gasteiger partial charge in [0.15, 0.2) is 6.10 Å². The van der Waals surface area contributed by atoms with Crippen LogP contribution < -0.4 is 5.32 Å². The van der Waals surface area contributed by atoms with E-state index >= 15 is 0 Å². The minimum atomic E-state index is -1.21. The smallest absolute Gasteiger partial charge is 0.337 e. The molecule has 0 saturated carbocycles. The molecule has 9 nitrogen and oxygen atoms in total. The molecule has 0 fully saturated rings. The summed E-state index contributed by atoms with van der Waals surface area (Å²) < 4.78 is 22.9. The van der Waals surface area contributed by atoms with Gasteiger partial charge in [-0.15, -0.1) is 0 Å². The first-order valence-corrected chi connectivity index (χ1v) is 8.53. The number of hydrogen-bond donors (Lipinski definition) is 1. The fraction of sp³-hybridized carbons (Fsp3) is 0.150. The van der Waals surface area contributed by atoms with Gasteiger partial charge in [0, 0.05) is 17.8 Å². The normalized spacial score (nSPS) is 11.6. The van der Waals surface area contributed by atoms with Gasteiger partial charge in [0.1, 0.15) is 0 Å². The number of nitrogens with one attached hydrogen (secondary N) is 1. The van der Waals surface area contributed by atoms with Crippen LogP contribution in [-0.2, 0) is 19.1 Å². The second-order valence-corrected chi connectivity index (χ2v) is 5.94. The highest BCUT2D eigenvalue weighted by atomic mass is 19.1. The lowest BCUT2D eigenvalue weighted by atomic mass is 10.1. The summed E-state index contributed by atoms with van der Waals surface area (Å²) in [5.41, 5.74) is 0.148. The van der Waals surface area contributed by atoms with Crippen LogP contribution in [0, 0.1) is 15.9 Å². The van der Waals surface area contributed by atoms with Gasteiger partial charge in [-0.1, -0.05) is 12.1 Å². The predicted octanol–water partition coefficient (Wildman–Crippen LogP) is 3.10. The number of benzene rings is 2. The molecule has 0 heterocycles. The van der Waals surface area contributed by atoms with Crippen LogP contribution in [0.4, 0.5) is 15.8 Å². The van der Waals surface area contributed by atoms with Gasteiger partial charge in [0.05, 0.1) is 17.6 Å². The minimum absolute atomic E-state index is 0.0164. The van der Waals surface area contributed by atoms with E-state index in [9.17, 15) is 28.9 Å². The van der Waals surface area contributed by atoms with Gasteiger partial charge >= 0.3 is 17.6 Å². The quantitative estimate of drug-likeness (QED) is 0.318. The lowest BCUT2D eigenvalue weighted by Gasteiger charge is -2.12. The Balaban J connectivity index is 1.94. The second-order valence-electron chi connectivity index (χ2n) is 5.94. The molecule has 0 aliphatic carbocycles. The number of amides is 1. The highest BCUT2D eigenvalue weighted by Crippen LogP contribution is 2.21. The molecule has 2 aromatic carbocycles. The second kappa shape index (κ2) is 9.92. The first-order chi connectivity index (χ1) is 14.2. The first-order valence-electron chi connectivity index (χ1n) is 8.53. The molecule has 0 aliphatic rings. The van der Waals surface area contributed by atoms with Gasteiger partial charge in [-0.05, 0) is 42.8 Å². The Labute approximate surface area is 170 Å². The van der Waals surface area contributed by atoms with E-state index in [2.05, 4.69) is 10.1 Å². The van der Waals surface area contributed by atoms with E-state index in [0.29, 0.717) is 11.1 Å². The number of hydrogen-bond acceptors (Lipinski definition) is 7. The lowest BCUT2D eigenvalue weighted by Crippen LogP contribution is -2.29. The molecule has 0 spiro atoms. The number of carbonyl (C=O) groups excluding carboxylic acids is 3. The Morgan fingerprint density at radius 2 is 1.83 bits per heavy atom. The fourth-order valence-electron chi connectivity index (χ4n) is 2.25. The Morgan fingerprint density at radius 3 is 2.43 bits per heavy atom. The van der Waals surface area contributed by atoms with E-state index in [1.807, 2.05) is 0 Å². The number of methoxy groups -OCH3 is 1. The van der Waals surface area contributed by atoms with Crippen LogP contribution in [0.3, 0.4) is 0 Å². The van der Waals surface area contributed by atoms with Crippen LogP contribution in [0.1, 0.15) is 22.8 Å². The zero-order valence-electron chi connectivity index (χ0n) is 16.0. The number of anilines is 1. The van der Waals surface area contributed by atoms with Crippen LogP contribution in [0.2, 0.25) is 0 Å². The van der Waals surface area contributed by atoms with Crippen LogP contribution in [0.15, 0.2) is 48.5 Å². The SMILES string of the molecule is COC(=O)c1ccc(/C=C/C(=O)OC(C)C(=O)Nc2ccc(F)c([N+](=O)[O-])c2)cc1. The highest BCUT2D eigenvalue weighted by Gasteiger charge is 2.19. The van der Waals surface area contributed by atoms with E-state index in [0.717, 1.165) is 24.3 Å². The number of esters is 2. The van der Waals surface area contributed by atoms with Crippen molar-refractivity contribution in [1.82, 2.24) is 0 Å². The zero-order valence-corrected chi connectivity index (χ0v) is 16.0. The molecule has 0 bridgehead atoms. The van der Waals surface area contributed by atoms with E-state index in [1.54, 1.807) is 12.1 Å². The van der Waals surface area contributed by atoms with Gasteiger partial charge in [-0.25, -0.2) is 9.59 Å². The van der Waals surface area contributed by atoms with E-state index < -0.39 is 40.4 Å². The molecule has 0 aromatic heterocycles. The van der Waals surface area contributed by atoms with Crippen molar-refractivity contribution in [3.05, 3.63) is 75.6 Å². The average molecular weight is 416 g/mol. The Bertz CT molecular complexity index is 1000. The van der Waals surface area contributed by atoms with Gasteiger partial charge in [0.25, 0.3) is 5.91 Å². The number of nitrogens with zero attached hydrogens (tertiary/aromatic N) is 1. The van der Waals surface area contributed by atoms with Crippen molar-refractivity contribution in [2.75, 3.05) is 12.4 Å². The summed E-state index contributed by atoms with van der Waals surface area (Å²) in [6, 6.07) is 9.08. The summed E-state index contributed by atoms with van der Waals surface area (Å²) in [6.07, 6.45) is 1.31. The standard InChI is InChI=1S/C20H17FN2O7/c1-12(19(25)22-15-8-9-16(21)17(11-15)23(27)28)30-18(24)10-5-13-3-6-14(7-4-13)20(26)29-2/h3-12H,1-2H3,(H,22,25)/b10-5+. The summed E-state index contributed by atoms with van der Waals surface area (Å²) in [4.78, 5) is 45.2. The molecule has 1 N–H and O–H groups in total. The molecule has 1 unspecified atom stereocenters. The third-order valence-electron chi connectivity index (χ3n) is 3.82. The van der Waals surface area contributed by atoms with Crippen molar-refractivity contribution in [3.63, 3.8) is 0 Å². The zero-order chi connectivity index (χ0) is 22.3. The summed E-state index contributed by atoms with van der Waals surface area (Å²) in [5.74, 6) is -3.08. The molecule has 1 amide bonds. The number of halogens is 1. The van der Waals surface area contributed by atoms with Gasteiger partial charge < -0.3 is 14.8 Å². The van der Waals surface area contributed by atoms with Crippen molar-refractivity contribution in [3.8, 4) is 0 Å². The van der Waals surface area contributed by atoms with Crippen LogP contribution in [0.5, 0.6) is 0 Å². The number of carbonyl (C=O) groups is 3. The van der Waals surface area contributed by atoms with Crippen LogP contribution in [0.25, 0.3) is 6.08 Å². The van der Waals surface area contributed by atoms with E-state index in [1.165, 1.54) is 32.2 Å². The number of nitro benzene ring substituents is 1. The fourth-order valence-corrected chi connectivity index (χ4v) is 2.25. The predicted molar refractivity (Wildman–Crippen MR) is 104 cm³/mol. The molecule has 2 aromatic rings. The molecule has 2 rings (SSSR count). The first kappa shape index (κ1) is 22.2. The van der Waals surface area contributed by atoms with Crippen molar-refractivity contribution in [2.45, 2.75) is 13.0 Å². The maximum atomic E-state index is 13.3. The van der Waals surface area contributed by atoms with Gasteiger partial charge in [0.2, 0.25) is 5.82 Å². The van der Waals surface area contributed by atoms with Gasteiger partial charge in [-0.2, -0.15) is 4.39 Å². The lowest BCUT2D eigenvalue weighted by molar-refractivity contribution is -0.387. The molecule has 30 heavy (non-hydrogen) atoms. The Morgan fingerprint density at radius 1 is 1.17 bits per heavy atom. The molecular formula is C20H17FN2O7. The highest BCUT2D eigenvalue weighted by molar-refractivity contribution is 5.97. The van der Waals surface area contributed by atoms with E-state index in [-0.39, 0.29) is 5.69 Å². The number of rotatable bonds is 7. The number of nitro groups is 1. The molecule has 10 heteroatoms. The molecule has 0 saturated heterocycles. The third kappa shape index (κ3) is 5.96. The third-order valence-corrected chi connectivity index (χ3v) is 3.82. The Hall–Kier alpha value is -4.08. The van der Waals surface area contributed by atoms with Crippen molar-refractivity contribution >= 4 is 35.3 Å². The molecule has 0 radical (unpaired) electrons. The summed E-state index contributed by atoms with van der Waals surface area (Å²) in [5, 5.41) is 13.1. The average Bonchev–Trinajstić information content (AvgIpc) is 2.73. The van der Waals surface area contributed by atoms with Crippen LogP contribution in [-0.4, -0.2) is 36.0 Å². The van der Waals surface area contributed by atoms with Crippen molar-refractivity contribution < 1.29 is 33.2 Å². The summed E-state index contributed by atoms with van der Waals surface area (Å²) >= 11 is 0. The monoisotopic (exact) mass is 416 g/mol. The molecule has 0 aliphatic heterocycles. The Kier molecular flexibility index (Phi) is 7.34. The molecule has 1 atom stereocenters. The van der Waals surface area contributed by atoms with Gasteiger partial charge in [-0.3, -0.25) is 14.9 Å². The van der Waals surface area contributed by atoms with Crippen molar-refractivity contribution in [1.29, 1.82) is 0 Å². The topological polar surface area (TPSA) is 125 Å². The minimum Gasteiger partial charge on any atom is -0.465 e. The largest absolute Gasteiger partial charge is 0.465 e. The van der Waals surface area contributed by atoms with E-state index in [4.69, 9.17) is 4.74 Å². The van der Waals surface area contributed by atoms with Crippen LogP contribution >= 0.6 is 0 Å². The summed E-state index contributed by atoms with van der Waals surface area (Å²) in [6.45, 7) is 1.31. The summed E-state index contributed by atoms with van der Waals surface area (Å²) in [7, 11) is 1.26.